The van der Waals surface area contributed by atoms with Crippen LogP contribution < -0.4 is 24.8 Å². The first-order chi connectivity index (χ1) is 22.2. The first kappa shape index (κ1) is 59.1. The highest BCUT2D eigenvalue weighted by atomic mass is 35.5. The van der Waals surface area contributed by atoms with Gasteiger partial charge in [-0.3, -0.25) is 0 Å². The van der Waals surface area contributed by atoms with Crippen LogP contribution in [-0.4, -0.2) is 63.3 Å². The van der Waals surface area contributed by atoms with E-state index in [0.717, 1.165) is 0 Å². The third-order valence-corrected chi connectivity index (χ3v) is 10.5. The van der Waals surface area contributed by atoms with E-state index < -0.39 is 0 Å². The normalized spacial score (nSPS) is 11.3. The molecule has 0 rings (SSSR count). The summed E-state index contributed by atoms with van der Waals surface area (Å²) in [4.78, 5) is 0. The van der Waals surface area contributed by atoms with Crippen molar-refractivity contribution in [1.29, 1.82) is 0 Å². The second-order valence-electron chi connectivity index (χ2n) is 16.7. The summed E-state index contributed by atoms with van der Waals surface area (Å²) in [7, 11) is 9.72. The van der Waals surface area contributed by atoms with E-state index in [0.29, 0.717) is 0 Å². The standard InChI is InChI=1S/C26H56N.C18H40N.3ClH/c1-5-7-9-11-13-15-17-19-21-23-25-27(3,4)26-24-22-20-18-16-14-12-10-8-6-2;1-5-7-9-11-13-15-17-19(3,4)18-16-14-12-10-8-6-2;;;/h5-26H2,1-4H3;5-18H2,1-4H3;3*1H/q2*+1;;;/p-2. The van der Waals surface area contributed by atoms with Crippen LogP contribution in [0.5, 0.6) is 0 Å². The number of nitrogens with zero attached hydrogens (tertiary/aromatic N) is 2. The van der Waals surface area contributed by atoms with Gasteiger partial charge in [0.15, 0.2) is 0 Å². The van der Waals surface area contributed by atoms with Gasteiger partial charge < -0.3 is 33.8 Å². The molecule has 304 valence electrons. The van der Waals surface area contributed by atoms with Crippen LogP contribution in [0.3, 0.4) is 0 Å². The molecule has 0 aliphatic carbocycles. The Morgan fingerprint density at radius 3 is 0.490 bits per heavy atom. The Balaban J connectivity index is -0.000000261. The number of quaternary nitrogens is 2. The summed E-state index contributed by atoms with van der Waals surface area (Å²) in [5, 5.41) is 0. The maximum absolute atomic E-state index is 2.45. The van der Waals surface area contributed by atoms with E-state index in [9.17, 15) is 0 Å². The number of hydrogen-bond acceptors (Lipinski definition) is 0. The van der Waals surface area contributed by atoms with Crippen LogP contribution in [0.15, 0.2) is 0 Å². The quantitative estimate of drug-likeness (QED) is 0.0442. The van der Waals surface area contributed by atoms with Gasteiger partial charge >= 0.3 is 0 Å². The summed E-state index contributed by atoms with van der Waals surface area (Å²) >= 11 is 0. The first-order valence-electron chi connectivity index (χ1n) is 21.9. The first-order valence-corrected chi connectivity index (χ1v) is 21.9. The fourth-order valence-corrected chi connectivity index (χ4v) is 6.92. The maximum atomic E-state index is 2.45. The molecule has 0 unspecified atom stereocenters. The van der Waals surface area contributed by atoms with Crippen molar-refractivity contribution in [3.63, 3.8) is 0 Å². The van der Waals surface area contributed by atoms with Gasteiger partial charge in [-0.1, -0.05) is 182 Å². The van der Waals surface area contributed by atoms with Crippen molar-refractivity contribution in [3.05, 3.63) is 0 Å². The SMILES string of the molecule is CCCCCCCCCCCC[N+](C)(C)CCCCCCCCCCCC.CCCCCCCC[N+](C)(C)CCCCCCCC.Cl.[Cl-].[Cl-]. The van der Waals surface area contributed by atoms with Gasteiger partial charge in [0.1, 0.15) is 0 Å². The van der Waals surface area contributed by atoms with Crippen LogP contribution in [0, 0.1) is 0 Å². The molecule has 0 aliphatic heterocycles. The van der Waals surface area contributed by atoms with Crippen molar-refractivity contribution >= 4 is 12.4 Å². The van der Waals surface area contributed by atoms with Gasteiger partial charge in [0.05, 0.1) is 54.4 Å². The molecule has 0 N–H and O–H groups in total. The average Bonchev–Trinajstić information content (AvgIpc) is 3.02. The summed E-state index contributed by atoms with van der Waals surface area (Å²) in [6, 6.07) is 0. The van der Waals surface area contributed by atoms with Gasteiger partial charge in [-0.15, -0.1) is 12.4 Å². The second kappa shape index (κ2) is 46.8. The Labute approximate surface area is 332 Å². The van der Waals surface area contributed by atoms with Crippen molar-refractivity contribution in [2.75, 3.05) is 54.4 Å². The van der Waals surface area contributed by atoms with E-state index in [1.54, 1.807) is 0 Å². The average molecular weight is 761 g/mol. The maximum Gasteiger partial charge on any atom is 0.0782 e. The Bertz CT molecular complexity index is 512. The third-order valence-electron chi connectivity index (χ3n) is 10.5. The van der Waals surface area contributed by atoms with Crippen LogP contribution in [0.25, 0.3) is 0 Å². The van der Waals surface area contributed by atoms with Gasteiger partial charge in [-0.2, -0.15) is 0 Å². The van der Waals surface area contributed by atoms with Crippen molar-refractivity contribution < 1.29 is 33.8 Å². The molecular formula is C44H97Cl3N2. The molecule has 0 aromatic rings. The van der Waals surface area contributed by atoms with Crippen molar-refractivity contribution in [2.24, 2.45) is 0 Å². The summed E-state index contributed by atoms with van der Waals surface area (Å²) in [6.07, 6.45) is 46.1. The summed E-state index contributed by atoms with van der Waals surface area (Å²) < 4.78 is 2.48. The van der Waals surface area contributed by atoms with Gasteiger partial charge in [-0.25, -0.2) is 0 Å². The Morgan fingerprint density at radius 1 is 0.224 bits per heavy atom. The highest BCUT2D eigenvalue weighted by Gasteiger charge is 2.14. The van der Waals surface area contributed by atoms with Gasteiger partial charge in [0, 0.05) is 0 Å². The van der Waals surface area contributed by atoms with Crippen LogP contribution in [-0.2, 0) is 0 Å². The molecule has 0 atom stereocenters. The van der Waals surface area contributed by atoms with Crippen molar-refractivity contribution in [3.8, 4) is 0 Å². The second-order valence-corrected chi connectivity index (χ2v) is 16.7. The molecule has 0 aromatic heterocycles. The lowest BCUT2D eigenvalue weighted by atomic mass is 10.1. The van der Waals surface area contributed by atoms with E-state index in [1.165, 1.54) is 241 Å². The van der Waals surface area contributed by atoms with Crippen LogP contribution in [0.4, 0.5) is 0 Å². The Kier molecular flexibility index (Phi) is 56.4. The van der Waals surface area contributed by atoms with Crippen molar-refractivity contribution in [1.82, 2.24) is 0 Å². The Morgan fingerprint density at radius 2 is 0.347 bits per heavy atom. The summed E-state index contributed by atoms with van der Waals surface area (Å²) in [5.41, 5.74) is 0. The van der Waals surface area contributed by atoms with E-state index >= 15 is 0 Å². The lowest BCUT2D eigenvalue weighted by Gasteiger charge is -2.30. The zero-order valence-corrected chi connectivity index (χ0v) is 37.8. The molecule has 0 spiro atoms. The van der Waals surface area contributed by atoms with Gasteiger partial charge in [-0.05, 0) is 51.4 Å². The van der Waals surface area contributed by atoms with E-state index in [-0.39, 0.29) is 37.2 Å². The molecule has 0 heterocycles. The van der Waals surface area contributed by atoms with E-state index in [2.05, 4.69) is 55.9 Å². The smallest absolute Gasteiger partial charge is 0.0782 e. The highest BCUT2D eigenvalue weighted by Crippen LogP contribution is 2.15. The largest absolute Gasteiger partial charge is 1.00 e. The lowest BCUT2D eigenvalue weighted by molar-refractivity contribution is -0.890. The predicted octanol–water partition coefficient (Wildman–Crippen LogP) is 9.12. The van der Waals surface area contributed by atoms with Crippen LogP contribution in [0.2, 0.25) is 0 Å². The summed E-state index contributed by atoms with van der Waals surface area (Å²) in [6.45, 7) is 14.7. The molecule has 5 heteroatoms. The highest BCUT2D eigenvalue weighted by molar-refractivity contribution is 5.85. The van der Waals surface area contributed by atoms with E-state index in [4.69, 9.17) is 0 Å². The molecule has 49 heavy (non-hydrogen) atoms. The minimum absolute atomic E-state index is 0. The third kappa shape index (κ3) is 53.2. The molecule has 0 fully saturated rings. The number of rotatable bonds is 36. The monoisotopic (exact) mass is 759 g/mol. The van der Waals surface area contributed by atoms with E-state index in [1.807, 2.05) is 0 Å². The molecule has 0 saturated carbocycles. The molecule has 0 radical (unpaired) electrons. The van der Waals surface area contributed by atoms with Crippen LogP contribution in [0.1, 0.15) is 233 Å². The molecule has 0 amide bonds. The number of hydrogen-bond donors (Lipinski definition) is 0. The molecule has 0 saturated heterocycles. The number of halogens is 3. The minimum atomic E-state index is 0. The minimum Gasteiger partial charge on any atom is -1.00 e. The van der Waals surface area contributed by atoms with Gasteiger partial charge in [0.2, 0.25) is 0 Å². The lowest BCUT2D eigenvalue weighted by Crippen LogP contribution is -3.00. The summed E-state index contributed by atoms with van der Waals surface area (Å²) in [5.74, 6) is 0. The molecular weight excluding hydrogens is 663 g/mol. The van der Waals surface area contributed by atoms with Gasteiger partial charge in [0.25, 0.3) is 0 Å². The zero-order chi connectivity index (χ0) is 34.5. The van der Waals surface area contributed by atoms with Crippen LogP contribution >= 0.6 is 12.4 Å². The molecule has 0 aromatic carbocycles. The van der Waals surface area contributed by atoms with Crippen molar-refractivity contribution in [2.45, 2.75) is 233 Å². The number of unbranched alkanes of at least 4 members (excludes halogenated alkanes) is 28. The fraction of sp³-hybridized carbons (Fsp3) is 1.00. The zero-order valence-electron chi connectivity index (χ0n) is 35.5. The topological polar surface area (TPSA) is 0 Å². The molecule has 0 bridgehead atoms. The predicted molar refractivity (Wildman–Crippen MR) is 221 cm³/mol. The fourth-order valence-electron chi connectivity index (χ4n) is 6.92. The molecule has 2 nitrogen and oxygen atoms in total. The Hall–Kier alpha value is 0.790. The molecule has 0 aliphatic rings.